The first kappa shape index (κ1) is 25.0. The molecule has 0 saturated carbocycles. The molecule has 1 aliphatic heterocycles. The zero-order valence-electron chi connectivity index (χ0n) is 20.8. The lowest BCUT2D eigenvalue weighted by Gasteiger charge is -2.21. The van der Waals surface area contributed by atoms with Gasteiger partial charge in [0.25, 0.3) is 0 Å². The maximum atomic E-state index is 12.4. The third-order valence-electron chi connectivity index (χ3n) is 6.13. The molecule has 1 atom stereocenters. The molecular formula is C27H28N8O2S. The number of nitrogens with zero attached hydrogens (tertiary/aromatic N) is 3. The van der Waals surface area contributed by atoms with E-state index < -0.39 is 0 Å². The van der Waals surface area contributed by atoms with Gasteiger partial charge < -0.3 is 26.4 Å². The van der Waals surface area contributed by atoms with E-state index >= 15 is 0 Å². The van der Waals surface area contributed by atoms with Gasteiger partial charge in [0, 0.05) is 24.5 Å². The molecule has 194 valence electrons. The molecule has 2 aromatic carbocycles. The van der Waals surface area contributed by atoms with Gasteiger partial charge in [-0.2, -0.15) is 0 Å². The second kappa shape index (κ2) is 10.8. The number of hydrogen-bond donors (Lipinski definition) is 5. The Kier molecular flexibility index (Phi) is 7.09. The number of aromatic nitrogens is 2. The number of rotatable bonds is 7. The Morgan fingerprint density at radius 2 is 1.87 bits per heavy atom. The number of nitrogens with one attached hydrogen (secondary N) is 3. The van der Waals surface area contributed by atoms with Gasteiger partial charge in [-0.15, -0.1) is 11.3 Å². The van der Waals surface area contributed by atoms with Crippen LogP contribution in [0.2, 0.25) is 0 Å². The number of carbonyl (C=O) groups is 1. The van der Waals surface area contributed by atoms with E-state index in [2.05, 4.69) is 25.5 Å². The molecule has 2 amide bonds. The largest absolute Gasteiger partial charge is 0.457 e. The molecule has 3 heterocycles. The van der Waals surface area contributed by atoms with Crippen LogP contribution in [0.15, 0.2) is 66.0 Å². The van der Waals surface area contributed by atoms with Gasteiger partial charge in [0.1, 0.15) is 29.0 Å². The minimum absolute atomic E-state index is 0.0653. The molecule has 5 rings (SSSR count). The zero-order chi connectivity index (χ0) is 26.6. The van der Waals surface area contributed by atoms with E-state index in [-0.39, 0.29) is 23.7 Å². The third kappa shape index (κ3) is 5.68. The van der Waals surface area contributed by atoms with Crippen LogP contribution in [0.5, 0.6) is 11.5 Å². The molecule has 0 spiro atoms. The van der Waals surface area contributed by atoms with Crippen LogP contribution in [0.1, 0.15) is 17.7 Å². The molecule has 1 saturated heterocycles. The van der Waals surface area contributed by atoms with Crippen LogP contribution in [-0.2, 0) is 0 Å². The molecule has 10 nitrogen and oxygen atoms in total. The summed E-state index contributed by atoms with van der Waals surface area (Å²) in [6, 6.07) is 18.6. The summed E-state index contributed by atoms with van der Waals surface area (Å²) in [7, 11) is 0. The smallest absolute Gasteiger partial charge is 0.321 e. The Morgan fingerprint density at radius 1 is 1.13 bits per heavy atom. The second-order valence-corrected chi connectivity index (χ2v) is 9.82. The number of hydrogen-bond acceptors (Lipinski definition) is 8. The normalized spacial score (nSPS) is 14.8. The lowest BCUT2D eigenvalue weighted by Crippen LogP contribution is -2.39. The summed E-state index contributed by atoms with van der Waals surface area (Å²) in [4.78, 5) is 23.3. The van der Waals surface area contributed by atoms with Crippen molar-refractivity contribution in [3.8, 4) is 22.6 Å². The molecule has 2 aromatic heterocycles. The van der Waals surface area contributed by atoms with Crippen molar-refractivity contribution in [1.29, 1.82) is 5.41 Å². The van der Waals surface area contributed by atoms with Crippen LogP contribution in [0, 0.1) is 12.3 Å². The predicted octanol–water partition coefficient (Wildman–Crippen LogP) is 4.57. The van der Waals surface area contributed by atoms with Gasteiger partial charge in [0.2, 0.25) is 0 Å². The lowest BCUT2D eigenvalue weighted by atomic mass is 9.99. The standard InChI is InChI=1S/C27H28N8O2S/c1-16-15-38-27(31-16)34-26(36)32-18-11-12-35(14-18)22-13-21(23(24(28)29)25(30)33-22)17-7-9-20(10-8-17)37-19-5-3-2-4-6-19/h2-10,13,15,18H,11-12,14H2,1H3,(H3,28,29)(H2,30,33)(H2,31,32,34,36). The Balaban J connectivity index is 1.32. The molecule has 0 radical (unpaired) electrons. The first-order chi connectivity index (χ1) is 18.4. The van der Waals surface area contributed by atoms with E-state index in [0.29, 0.717) is 40.9 Å². The minimum atomic E-state index is -0.288. The number of urea groups is 1. The first-order valence-electron chi connectivity index (χ1n) is 12.1. The number of amides is 2. The number of para-hydroxylation sites is 1. The van der Waals surface area contributed by atoms with Crippen LogP contribution in [0.25, 0.3) is 11.1 Å². The fourth-order valence-corrected chi connectivity index (χ4v) is 5.05. The third-order valence-corrected chi connectivity index (χ3v) is 7.01. The summed E-state index contributed by atoms with van der Waals surface area (Å²) in [6.07, 6.45) is 0.751. The SMILES string of the molecule is Cc1csc(NC(=O)NC2CCN(c3cc(-c4ccc(Oc5ccccc5)cc4)c(C(=N)N)c(N)n3)C2)n1. The van der Waals surface area contributed by atoms with Crippen molar-refractivity contribution >= 4 is 40.0 Å². The highest BCUT2D eigenvalue weighted by molar-refractivity contribution is 7.13. The molecule has 4 aromatic rings. The minimum Gasteiger partial charge on any atom is -0.457 e. The predicted molar refractivity (Wildman–Crippen MR) is 151 cm³/mol. The maximum absolute atomic E-state index is 12.4. The van der Waals surface area contributed by atoms with Gasteiger partial charge in [0.15, 0.2) is 5.13 Å². The molecule has 0 bridgehead atoms. The van der Waals surface area contributed by atoms with Gasteiger partial charge in [-0.25, -0.2) is 14.8 Å². The van der Waals surface area contributed by atoms with Gasteiger partial charge in [0.05, 0.1) is 11.3 Å². The number of carbonyl (C=O) groups excluding carboxylic acids is 1. The zero-order valence-corrected chi connectivity index (χ0v) is 21.6. The monoisotopic (exact) mass is 528 g/mol. The average Bonchev–Trinajstić information content (AvgIpc) is 3.53. The molecule has 1 unspecified atom stereocenters. The van der Waals surface area contributed by atoms with E-state index in [1.807, 2.05) is 73.0 Å². The van der Waals surface area contributed by atoms with Crippen molar-refractivity contribution in [2.75, 3.05) is 29.0 Å². The number of aryl methyl sites for hydroxylation is 1. The van der Waals surface area contributed by atoms with Crippen LogP contribution < -0.4 is 31.7 Å². The number of anilines is 3. The summed E-state index contributed by atoms with van der Waals surface area (Å²) >= 11 is 1.39. The fourth-order valence-electron chi connectivity index (χ4n) is 4.37. The maximum Gasteiger partial charge on any atom is 0.321 e. The van der Waals surface area contributed by atoms with Gasteiger partial charge in [-0.3, -0.25) is 10.7 Å². The highest BCUT2D eigenvalue weighted by Gasteiger charge is 2.27. The summed E-state index contributed by atoms with van der Waals surface area (Å²) in [5.74, 6) is 2.12. The van der Waals surface area contributed by atoms with E-state index in [1.54, 1.807) is 0 Å². The van der Waals surface area contributed by atoms with Gasteiger partial charge in [-0.1, -0.05) is 30.3 Å². The number of nitrogens with two attached hydrogens (primary N) is 2. The topological polar surface area (TPSA) is 155 Å². The molecule has 7 N–H and O–H groups in total. The number of pyridine rings is 1. The van der Waals surface area contributed by atoms with Crippen molar-refractivity contribution in [1.82, 2.24) is 15.3 Å². The lowest BCUT2D eigenvalue weighted by molar-refractivity contribution is 0.249. The summed E-state index contributed by atoms with van der Waals surface area (Å²) in [5, 5.41) is 16.3. The van der Waals surface area contributed by atoms with Crippen molar-refractivity contribution in [3.63, 3.8) is 0 Å². The Hall–Kier alpha value is -4.64. The van der Waals surface area contributed by atoms with Crippen molar-refractivity contribution in [3.05, 3.63) is 77.3 Å². The van der Waals surface area contributed by atoms with Gasteiger partial charge >= 0.3 is 6.03 Å². The number of benzene rings is 2. The van der Waals surface area contributed by atoms with E-state index in [4.69, 9.17) is 21.6 Å². The Labute approximate surface area is 224 Å². The van der Waals surface area contributed by atoms with E-state index in [9.17, 15) is 4.79 Å². The average molecular weight is 529 g/mol. The molecule has 0 aliphatic carbocycles. The fraction of sp³-hybridized carbons (Fsp3) is 0.185. The van der Waals surface area contributed by atoms with E-state index in [1.165, 1.54) is 11.3 Å². The molecule has 1 aliphatic rings. The Morgan fingerprint density at radius 3 is 2.55 bits per heavy atom. The van der Waals surface area contributed by atoms with Crippen LogP contribution >= 0.6 is 11.3 Å². The summed E-state index contributed by atoms with van der Waals surface area (Å²) < 4.78 is 5.90. The second-order valence-electron chi connectivity index (χ2n) is 8.97. The quantitative estimate of drug-likeness (QED) is 0.174. The first-order valence-corrected chi connectivity index (χ1v) is 13.0. The molecule has 38 heavy (non-hydrogen) atoms. The molecule has 11 heteroatoms. The molecule has 1 fully saturated rings. The Bertz CT molecular complexity index is 1460. The van der Waals surface area contributed by atoms with Crippen LogP contribution in [-0.4, -0.2) is 41.0 Å². The number of amidine groups is 1. The van der Waals surface area contributed by atoms with Crippen molar-refractivity contribution < 1.29 is 9.53 Å². The molecular weight excluding hydrogens is 500 g/mol. The number of ether oxygens (including phenoxy) is 1. The van der Waals surface area contributed by atoms with Crippen molar-refractivity contribution in [2.24, 2.45) is 5.73 Å². The summed E-state index contributed by atoms with van der Waals surface area (Å²) in [5.41, 5.74) is 15.0. The van der Waals surface area contributed by atoms with Crippen molar-refractivity contribution in [2.45, 2.75) is 19.4 Å². The highest BCUT2D eigenvalue weighted by Crippen LogP contribution is 2.33. The van der Waals surface area contributed by atoms with Crippen LogP contribution in [0.3, 0.4) is 0 Å². The number of thiazole rings is 1. The van der Waals surface area contributed by atoms with Crippen LogP contribution in [0.4, 0.5) is 21.6 Å². The number of nitrogen functional groups attached to an aromatic ring is 2. The van der Waals surface area contributed by atoms with Gasteiger partial charge in [-0.05, 0) is 54.8 Å². The van der Waals surface area contributed by atoms with E-state index in [0.717, 1.165) is 23.4 Å². The summed E-state index contributed by atoms with van der Waals surface area (Å²) in [6.45, 7) is 3.14. The highest BCUT2D eigenvalue weighted by atomic mass is 32.1.